The van der Waals surface area contributed by atoms with Crippen molar-refractivity contribution in [3.05, 3.63) is 77.9 Å². The van der Waals surface area contributed by atoms with Crippen molar-refractivity contribution in [1.29, 1.82) is 0 Å². The molecular formula is C20H25NO2. The Morgan fingerprint density at radius 2 is 1.70 bits per heavy atom. The lowest BCUT2D eigenvalue weighted by Gasteiger charge is -2.33. The lowest BCUT2D eigenvalue weighted by molar-refractivity contribution is 0.0703. The molecule has 0 saturated heterocycles. The van der Waals surface area contributed by atoms with Gasteiger partial charge < -0.3 is 14.7 Å². The molecule has 122 valence electrons. The fraction of sp³-hybridized carbons (Fsp3) is 0.300. The summed E-state index contributed by atoms with van der Waals surface area (Å²) < 4.78 is 5.20. The molecule has 1 atom stereocenters. The number of nitrogens with zero attached hydrogens (tertiary/aromatic N) is 1. The third-order valence-corrected chi connectivity index (χ3v) is 3.96. The van der Waals surface area contributed by atoms with Crippen LogP contribution in [-0.2, 0) is 12.0 Å². The van der Waals surface area contributed by atoms with Gasteiger partial charge in [-0.3, -0.25) is 0 Å². The van der Waals surface area contributed by atoms with E-state index in [4.69, 9.17) is 4.74 Å². The number of methoxy groups -OCH3 is 1. The fourth-order valence-electron chi connectivity index (χ4n) is 2.70. The molecule has 0 aliphatic carbocycles. The van der Waals surface area contributed by atoms with Crippen LogP contribution in [0, 0.1) is 0 Å². The van der Waals surface area contributed by atoms with E-state index in [1.54, 1.807) is 7.11 Å². The van der Waals surface area contributed by atoms with Gasteiger partial charge in [-0.1, -0.05) is 49.0 Å². The van der Waals surface area contributed by atoms with Gasteiger partial charge in [-0.05, 0) is 42.9 Å². The Morgan fingerprint density at radius 1 is 1.09 bits per heavy atom. The minimum atomic E-state index is -1.10. The molecule has 0 bridgehead atoms. The number of benzene rings is 2. The number of hydrogen-bond donors (Lipinski definition) is 1. The summed E-state index contributed by atoms with van der Waals surface area (Å²) in [4.78, 5) is 2.02. The minimum Gasteiger partial charge on any atom is -0.497 e. The first-order valence-corrected chi connectivity index (χ1v) is 7.69. The summed E-state index contributed by atoms with van der Waals surface area (Å²) in [6.45, 7) is 4.78. The smallest absolute Gasteiger partial charge is 0.118 e. The fourth-order valence-corrected chi connectivity index (χ4v) is 2.70. The predicted octanol–water partition coefficient (Wildman–Crippen LogP) is 3.24. The van der Waals surface area contributed by atoms with Crippen LogP contribution in [0.15, 0.2) is 66.7 Å². The Kier molecular flexibility index (Phi) is 5.59. The maximum Gasteiger partial charge on any atom is 0.118 e. The average molecular weight is 311 g/mol. The second-order valence-corrected chi connectivity index (χ2v) is 6.09. The van der Waals surface area contributed by atoms with Crippen LogP contribution in [0.25, 0.3) is 0 Å². The van der Waals surface area contributed by atoms with Gasteiger partial charge in [0.05, 0.1) is 7.11 Å². The van der Waals surface area contributed by atoms with E-state index in [0.717, 1.165) is 22.4 Å². The van der Waals surface area contributed by atoms with E-state index in [2.05, 4.69) is 6.58 Å². The van der Waals surface area contributed by atoms with Crippen LogP contribution < -0.4 is 4.74 Å². The highest BCUT2D eigenvalue weighted by atomic mass is 16.5. The lowest BCUT2D eigenvalue weighted by Crippen LogP contribution is -2.35. The van der Waals surface area contributed by atoms with Crippen LogP contribution >= 0.6 is 0 Å². The lowest BCUT2D eigenvalue weighted by atomic mass is 9.81. The Labute approximate surface area is 138 Å². The Balaban J connectivity index is 2.34. The average Bonchev–Trinajstić information content (AvgIpc) is 2.55. The standard InChI is InChI=1S/C20H25NO2/c1-16(15-21(2)3)20(22,18-8-6-5-7-9-18)14-17-10-12-19(23-4)13-11-17/h5-13,22H,1,14-15H2,2-4H3. The number of likely N-dealkylation sites (N-methyl/N-ethyl adjacent to an activating group) is 1. The van der Waals surface area contributed by atoms with Gasteiger partial charge >= 0.3 is 0 Å². The van der Waals surface area contributed by atoms with Crippen molar-refractivity contribution in [2.75, 3.05) is 27.7 Å². The highest BCUT2D eigenvalue weighted by Gasteiger charge is 2.32. The molecule has 0 aliphatic rings. The first-order valence-electron chi connectivity index (χ1n) is 7.69. The molecule has 1 unspecified atom stereocenters. The molecule has 23 heavy (non-hydrogen) atoms. The highest BCUT2D eigenvalue weighted by molar-refractivity contribution is 5.37. The largest absolute Gasteiger partial charge is 0.497 e. The van der Waals surface area contributed by atoms with E-state index in [1.807, 2.05) is 73.6 Å². The SMILES string of the molecule is C=C(CN(C)C)C(O)(Cc1ccc(OC)cc1)c1ccccc1. The molecule has 2 rings (SSSR count). The van der Waals surface area contributed by atoms with Gasteiger partial charge in [0.1, 0.15) is 11.4 Å². The van der Waals surface area contributed by atoms with Gasteiger partial charge in [-0.15, -0.1) is 0 Å². The predicted molar refractivity (Wildman–Crippen MR) is 94.7 cm³/mol. The van der Waals surface area contributed by atoms with Crippen LogP contribution in [0.3, 0.4) is 0 Å². The molecule has 0 radical (unpaired) electrons. The second kappa shape index (κ2) is 7.44. The highest BCUT2D eigenvalue weighted by Crippen LogP contribution is 2.33. The molecule has 2 aromatic rings. The summed E-state index contributed by atoms with van der Waals surface area (Å²) in [7, 11) is 5.60. The zero-order chi connectivity index (χ0) is 16.9. The zero-order valence-corrected chi connectivity index (χ0v) is 14.1. The van der Waals surface area contributed by atoms with Gasteiger partial charge in [-0.25, -0.2) is 0 Å². The summed E-state index contributed by atoms with van der Waals surface area (Å²) >= 11 is 0. The molecule has 0 aromatic heterocycles. The first kappa shape index (κ1) is 17.3. The molecule has 1 N–H and O–H groups in total. The first-order chi connectivity index (χ1) is 11.0. The molecular weight excluding hydrogens is 286 g/mol. The molecule has 0 saturated carbocycles. The number of rotatable bonds is 7. The van der Waals surface area contributed by atoms with Crippen LogP contribution in [0.5, 0.6) is 5.75 Å². The molecule has 0 heterocycles. The summed E-state index contributed by atoms with van der Waals surface area (Å²) in [5, 5.41) is 11.4. The van der Waals surface area contributed by atoms with E-state index >= 15 is 0 Å². The van der Waals surface area contributed by atoms with E-state index in [0.29, 0.717) is 13.0 Å². The number of aliphatic hydroxyl groups is 1. The molecule has 3 nitrogen and oxygen atoms in total. The van der Waals surface area contributed by atoms with E-state index in [1.165, 1.54) is 0 Å². The van der Waals surface area contributed by atoms with E-state index in [-0.39, 0.29) is 0 Å². The van der Waals surface area contributed by atoms with Crippen molar-refractivity contribution >= 4 is 0 Å². The topological polar surface area (TPSA) is 32.7 Å². The minimum absolute atomic E-state index is 0.480. The van der Waals surface area contributed by atoms with E-state index < -0.39 is 5.60 Å². The second-order valence-electron chi connectivity index (χ2n) is 6.09. The van der Waals surface area contributed by atoms with Gasteiger partial charge in [-0.2, -0.15) is 0 Å². The molecule has 0 amide bonds. The van der Waals surface area contributed by atoms with Crippen LogP contribution in [0.2, 0.25) is 0 Å². The van der Waals surface area contributed by atoms with Crippen LogP contribution in [0.4, 0.5) is 0 Å². The van der Waals surface area contributed by atoms with Crippen LogP contribution in [0.1, 0.15) is 11.1 Å². The van der Waals surface area contributed by atoms with Crippen molar-refractivity contribution < 1.29 is 9.84 Å². The summed E-state index contributed by atoms with van der Waals surface area (Å²) in [5.41, 5.74) is 1.59. The molecule has 2 aromatic carbocycles. The molecule has 0 fully saturated rings. The normalized spacial score (nSPS) is 13.6. The summed E-state index contributed by atoms with van der Waals surface area (Å²) in [6, 6.07) is 17.5. The van der Waals surface area contributed by atoms with Crippen LogP contribution in [-0.4, -0.2) is 37.8 Å². The van der Waals surface area contributed by atoms with Gasteiger partial charge in [0.2, 0.25) is 0 Å². The molecule has 0 aliphatic heterocycles. The number of ether oxygens (including phenoxy) is 1. The van der Waals surface area contributed by atoms with Gasteiger partial charge in [0, 0.05) is 13.0 Å². The van der Waals surface area contributed by atoms with E-state index in [9.17, 15) is 5.11 Å². The third-order valence-electron chi connectivity index (χ3n) is 3.96. The van der Waals surface area contributed by atoms with Crippen molar-refractivity contribution in [2.24, 2.45) is 0 Å². The Bertz CT molecular complexity index is 634. The quantitative estimate of drug-likeness (QED) is 0.797. The molecule has 3 heteroatoms. The van der Waals surface area contributed by atoms with Gasteiger partial charge in [0.25, 0.3) is 0 Å². The number of hydrogen-bond acceptors (Lipinski definition) is 3. The third kappa shape index (κ3) is 4.21. The Hall–Kier alpha value is -2.10. The molecule has 0 spiro atoms. The van der Waals surface area contributed by atoms with Crippen molar-refractivity contribution in [3.8, 4) is 5.75 Å². The monoisotopic (exact) mass is 311 g/mol. The van der Waals surface area contributed by atoms with Crippen molar-refractivity contribution in [1.82, 2.24) is 4.90 Å². The Morgan fingerprint density at radius 3 is 2.22 bits per heavy atom. The van der Waals surface area contributed by atoms with Crippen molar-refractivity contribution in [3.63, 3.8) is 0 Å². The van der Waals surface area contributed by atoms with Crippen molar-refractivity contribution in [2.45, 2.75) is 12.0 Å². The maximum atomic E-state index is 11.4. The maximum absolute atomic E-state index is 11.4. The summed E-state index contributed by atoms with van der Waals surface area (Å²) in [6.07, 6.45) is 0.480. The summed E-state index contributed by atoms with van der Waals surface area (Å²) in [5.74, 6) is 0.809. The zero-order valence-electron chi connectivity index (χ0n) is 14.1. The van der Waals surface area contributed by atoms with Gasteiger partial charge in [0.15, 0.2) is 0 Å².